The number of halogens is 4. The third-order valence-corrected chi connectivity index (χ3v) is 1.71. The summed E-state index contributed by atoms with van der Waals surface area (Å²) >= 11 is 5.33. The Morgan fingerprint density at radius 3 is 2.54 bits per heavy atom. The van der Waals surface area contributed by atoms with Gasteiger partial charge in [0.1, 0.15) is 5.75 Å². The number of alkyl halides is 3. The first-order chi connectivity index (χ1) is 5.95. The smallest absolute Gasteiger partial charge is 0.417 e. The zero-order chi connectivity index (χ0) is 10.1. The highest BCUT2D eigenvalue weighted by atomic mass is 35.5. The maximum absolute atomic E-state index is 12.2. The van der Waals surface area contributed by atoms with E-state index in [2.05, 4.69) is 10.8 Å². The van der Waals surface area contributed by atoms with Crippen molar-refractivity contribution in [1.29, 1.82) is 0 Å². The lowest BCUT2D eigenvalue weighted by molar-refractivity contribution is -0.137. The first-order valence-electron chi connectivity index (χ1n) is 3.27. The van der Waals surface area contributed by atoms with Crippen LogP contribution in [0.15, 0.2) is 12.1 Å². The van der Waals surface area contributed by atoms with E-state index < -0.39 is 11.7 Å². The van der Waals surface area contributed by atoms with Crippen LogP contribution in [0.5, 0.6) is 5.75 Å². The van der Waals surface area contributed by atoms with Crippen molar-refractivity contribution in [3.05, 3.63) is 28.8 Å². The quantitative estimate of drug-likeness (QED) is 0.690. The predicted molar refractivity (Wildman–Crippen MR) is 41.8 cm³/mol. The Balaban J connectivity index is 3.19. The maximum Gasteiger partial charge on any atom is 0.417 e. The van der Waals surface area contributed by atoms with E-state index in [4.69, 9.17) is 11.6 Å². The van der Waals surface area contributed by atoms with Crippen LogP contribution in [-0.4, -0.2) is 7.11 Å². The number of hydrogen-bond donors (Lipinski definition) is 0. The molecule has 0 unspecified atom stereocenters. The molecule has 0 amide bonds. The van der Waals surface area contributed by atoms with Gasteiger partial charge >= 0.3 is 6.18 Å². The summed E-state index contributed by atoms with van der Waals surface area (Å²) in [5, 5.41) is -0.381. The minimum absolute atomic E-state index is 0.0109. The number of methoxy groups -OCH3 is 1. The minimum Gasteiger partial charge on any atom is -0.496 e. The molecule has 0 aliphatic rings. The van der Waals surface area contributed by atoms with E-state index >= 15 is 0 Å². The van der Waals surface area contributed by atoms with Gasteiger partial charge in [-0.2, -0.15) is 13.2 Å². The molecule has 1 aromatic carbocycles. The van der Waals surface area contributed by atoms with Crippen LogP contribution in [0.4, 0.5) is 13.2 Å². The van der Waals surface area contributed by atoms with E-state index in [1.54, 1.807) is 0 Å². The summed E-state index contributed by atoms with van der Waals surface area (Å²) in [6, 6.07) is 4.28. The molecule has 71 valence electrons. The Hall–Kier alpha value is -0.900. The summed E-state index contributed by atoms with van der Waals surface area (Å²) in [6.07, 6.45) is -4.46. The van der Waals surface area contributed by atoms with E-state index in [9.17, 15) is 13.2 Å². The minimum atomic E-state index is -4.46. The van der Waals surface area contributed by atoms with Crippen LogP contribution in [0.1, 0.15) is 5.56 Å². The van der Waals surface area contributed by atoms with E-state index in [-0.39, 0.29) is 10.8 Å². The highest BCUT2D eigenvalue weighted by molar-refractivity contribution is 6.31. The fourth-order valence-electron chi connectivity index (χ4n) is 0.789. The average molecular weight is 210 g/mol. The lowest BCUT2D eigenvalue weighted by atomic mass is 10.2. The van der Waals surface area contributed by atoms with Crippen molar-refractivity contribution in [1.82, 2.24) is 0 Å². The fourth-order valence-corrected chi connectivity index (χ4v) is 1.01. The second-order valence-corrected chi connectivity index (χ2v) is 2.67. The van der Waals surface area contributed by atoms with Gasteiger partial charge in [0.05, 0.1) is 17.7 Å². The van der Waals surface area contributed by atoms with E-state index in [1.165, 1.54) is 7.11 Å². The van der Waals surface area contributed by atoms with Gasteiger partial charge in [0.25, 0.3) is 0 Å². The third kappa shape index (κ3) is 2.28. The number of hydrogen-bond acceptors (Lipinski definition) is 1. The molecule has 13 heavy (non-hydrogen) atoms. The van der Waals surface area contributed by atoms with Crippen LogP contribution in [0.25, 0.3) is 0 Å². The monoisotopic (exact) mass is 209 g/mol. The van der Waals surface area contributed by atoms with Gasteiger partial charge in [0.15, 0.2) is 0 Å². The molecule has 0 fully saturated rings. The van der Waals surface area contributed by atoms with Gasteiger partial charge in [-0.25, -0.2) is 0 Å². The first kappa shape index (κ1) is 10.2. The molecule has 0 aliphatic heterocycles. The van der Waals surface area contributed by atoms with Gasteiger partial charge in [-0.05, 0) is 12.1 Å². The molecular formula is C8H5ClF3O. The Morgan fingerprint density at radius 1 is 1.46 bits per heavy atom. The normalized spacial score (nSPS) is 11.5. The highest BCUT2D eigenvalue weighted by Crippen LogP contribution is 2.36. The molecule has 0 saturated heterocycles. The van der Waals surface area contributed by atoms with Crippen molar-refractivity contribution in [2.45, 2.75) is 6.18 Å². The van der Waals surface area contributed by atoms with E-state index in [0.717, 1.165) is 12.1 Å². The molecule has 0 spiro atoms. The zero-order valence-electron chi connectivity index (χ0n) is 6.57. The van der Waals surface area contributed by atoms with Crippen molar-refractivity contribution >= 4 is 11.6 Å². The second kappa shape index (κ2) is 3.46. The summed E-state index contributed by atoms with van der Waals surface area (Å²) in [5.74, 6) is 0.0109. The topological polar surface area (TPSA) is 9.23 Å². The molecule has 0 atom stereocenters. The molecular weight excluding hydrogens is 205 g/mol. The molecule has 0 bridgehead atoms. The molecule has 0 aliphatic carbocycles. The lowest BCUT2D eigenvalue weighted by Crippen LogP contribution is -2.06. The van der Waals surface area contributed by atoms with Crippen molar-refractivity contribution in [3.63, 3.8) is 0 Å². The highest BCUT2D eigenvalue weighted by Gasteiger charge is 2.33. The third-order valence-electron chi connectivity index (χ3n) is 1.40. The first-order valence-corrected chi connectivity index (χ1v) is 3.65. The summed E-state index contributed by atoms with van der Waals surface area (Å²) in [6.45, 7) is 0. The van der Waals surface area contributed by atoms with Crippen molar-refractivity contribution < 1.29 is 17.9 Å². The van der Waals surface area contributed by atoms with Gasteiger partial charge in [-0.1, -0.05) is 11.6 Å². The molecule has 0 heterocycles. The lowest BCUT2D eigenvalue weighted by Gasteiger charge is -2.09. The Morgan fingerprint density at radius 2 is 2.08 bits per heavy atom. The van der Waals surface area contributed by atoms with Crippen LogP contribution >= 0.6 is 11.6 Å². The van der Waals surface area contributed by atoms with Crippen molar-refractivity contribution in [3.8, 4) is 5.75 Å². The summed E-state index contributed by atoms with van der Waals surface area (Å²) in [7, 11) is 1.26. The summed E-state index contributed by atoms with van der Waals surface area (Å²) < 4.78 is 41.2. The molecule has 0 N–H and O–H groups in total. The van der Waals surface area contributed by atoms with E-state index in [1.807, 2.05) is 0 Å². The number of benzene rings is 1. The molecule has 5 heteroatoms. The van der Waals surface area contributed by atoms with Crippen LogP contribution in [0.3, 0.4) is 0 Å². The maximum atomic E-state index is 12.2. The van der Waals surface area contributed by atoms with Gasteiger partial charge < -0.3 is 4.74 Å². The van der Waals surface area contributed by atoms with Crippen LogP contribution < -0.4 is 4.74 Å². The standard InChI is InChI=1S/C8H5ClF3O/c1-13-5-2-3-7(9)6(4-5)8(10,11)12/h3-4H,1H3. The van der Waals surface area contributed by atoms with Crippen LogP contribution in [0, 0.1) is 6.07 Å². The molecule has 0 aromatic heterocycles. The fraction of sp³-hybridized carbons (Fsp3) is 0.250. The van der Waals surface area contributed by atoms with Gasteiger partial charge in [-0.15, -0.1) is 0 Å². The molecule has 1 radical (unpaired) electrons. The van der Waals surface area contributed by atoms with Gasteiger partial charge in [0, 0.05) is 6.07 Å². The van der Waals surface area contributed by atoms with Crippen LogP contribution in [-0.2, 0) is 6.18 Å². The molecule has 1 rings (SSSR count). The Labute approximate surface area is 78.1 Å². The largest absolute Gasteiger partial charge is 0.496 e. The summed E-state index contributed by atoms with van der Waals surface area (Å²) in [4.78, 5) is 0. The molecule has 0 saturated carbocycles. The second-order valence-electron chi connectivity index (χ2n) is 2.26. The number of ether oxygens (including phenoxy) is 1. The van der Waals surface area contributed by atoms with Crippen LogP contribution in [0.2, 0.25) is 5.02 Å². The summed E-state index contributed by atoms with van der Waals surface area (Å²) in [5.41, 5.74) is -0.912. The number of rotatable bonds is 1. The average Bonchev–Trinajstić information content (AvgIpc) is 2.03. The molecule has 1 aromatic rings. The molecule has 1 nitrogen and oxygen atoms in total. The van der Waals surface area contributed by atoms with Crippen molar-refractivity contribution in [2.75, 3.05) is 7.11 Å². The Bertz CT molecular complexity index is 309. The van der Waals surface area contributed by atoms with Crippen molar-refractivity contribution in [2.24, 2.45) is 0 Å². The predicted octanol–water partition coefficient (Wildman–Crippen LogP) is 3.17. The van der Waals surface area contributed by atoms with Gasteiger partial charge in [-0.3, -0.25) is 0 Å². The van der Waals surface area contributed by atoms with E-state index in [0.29, 0.717) is 0 Å². The van der Waals surface area contributed by atoms with Gasteiger partial charge in [0.2, 0.25) is 0 Å². The SMILES string of the molecule is COc1[c]cc(Cl)c(C(F)(F)F)c1. The zero-order valence-corrected chi connectivity index (χ0v) is 7.33. The Kier molecular flexibility index (Phi) is 2.71.